The molecule has 1 atom stereocenters. The molecule has 1 aromatic heterocycles. The summed E-state index contributed by atoms with van der Waals surface area (Å²) in [5.41, 5.74) is 0.153. The summed E-state index contributed by atoms with van der Waals surface area (Å²) in [5, 5.41) is 27.8. The Morgan fingerprint density at radius 2 is 1.69 bits per heavy atom. The van der Waals surface area contributed by atoms with Gasteiger partial charge < -0.3 is 13.9 Å². The fourth-order valence-electron chi connectivity index (χ4n) is 3.35. The van der Waals surface area contributed by atoms with Gasteiger partial charge in [-0.05, 0) is 36.4 Å². The summed E-state index contributed by atoms with van der Waals surface area (Å²) in [7, 11) is -3.94. The summed E-state index contributed by atoms with van der Waals surface area (Å²) in [5.74, 6) is 0.666. The molecule has 1 aliphatic rings. The van der Waals surface area contributed by atoms with E-state index < -0.39 is 22.0 Å². The van der Waals surface area contributed by atoms with E-state index in [1.54, 1.807) is 18.2 Å². The number of fused-ring (bicyclic) bond motifs is 1. The summed E-state index contributed by atoms with van der Waals surface area (Å²) in [6.45, 7) is 0.0788. The molecule has 0 saturated heterocycles. The lowest BCUT2D eigenvalue weighted by atomic mass is 10.2. The number of nitriles is 2. The third-order valence-electron chi connectivity index (χ3n) is 5.15. The van der Waals surface area contributed by atoms with Crippen LogP contribution in [0.1, 0.15) is 35.2 Å². The van der Waals surface area contributed by atoms with E-state index in [0.29, 0.717) is 11.5 Å². The molecule has 2 aromatic carbocycles. The average Bonchev–Trinajstić information content (AvgIpc) is 3.37. The van der Waals surface area contributed by atoms with Gasteiger partial charge in [-0.1, -0.05) is 17.2 Å². The first-order valence-electron chi connectivity index (χ1n) is 10.8. The Morgan fingerprint density at radius 1 is 1.03 bits per heavy atom. The minimum Gasteiger partial charge on any atom is -0.485 e. The topological polar surface area (TPSA) is 171 Å². The van der Waals surface area contributed by atoms with Crippen molar-refractivity contribution in [3.63, 3.8) is 0 Å². The van der Waals surface area contributed by atoms with Crippen LogP contribution in [0.5, 0.6) is 11.5 Å². The zero-order chi connectivity index (χ0) is 25.5. The molecule has 1 aliphatic heterocycles. The average molecular weight is 509 g/mol. The van der Waals surface area contributed by atoms with Crippen molar-refractivity contribution in [2.24, 2.45) is 0 Å². The van der Waals surface area contributed by atoms with Crippen LogP contribution in [0.4, 0.5) is 6.01 Å². The number of hydrogen-bond donors (Lipinski definition) is 1. The maximum absolute atomic E-state index is 12.9. The Bertz CT molecular complexity index is 1410. The Kier molecular flexibility index (Phi) is 7.44. The highest BCUT2D eigenvalue weighted by Gasteiger charge is 2.28. The van der Waals surface area contributed by atoms with Crippen molar-refractivity contribution in [1.29, 1.82) is 10.5 Å². The van der Waals surface area contributed by atoms with Gasteiger partial charge in [-0.3, -0.25) is 10.1 Å². The highest BCUT2D eigenvalue weighted by Crippen LogP contribution is 2.35. The predicted octanol–water partition coefficient (Wildman–Crippen LogP) is 2.65. The Labute approximate surface area is 206 Å². The second kappa shape index (κ2) is 10.9. The number of hydrogen-bond acceptors (Lipinski definition) is 10. The minimum absolute atomic E-state index is 0.0121. The number of nitrogens with zero attached hydrogens (tertiary/aromatic N) is 5. The van der Waals surface area contributed by atoms with E-state index in [2.05, 4.69) is 15.5 Å². The predicted molar refractivity (Wildman–Crippen MR) is 123 cm³/mol. The molecular weight excluding hydrogens is 488 g/mol. The smallest absolute Gasteiger partial charge is 0.322 e. The van der Waals surface area contributed by atoms with Crippen LogP contribution in [0.3, 0.4) is 0 Å². The molecule has 0 spiro atoms. The van der Waals surface area contributed by atoms with Gasteiger partial charge >= 0.3 is 6.01 Å². The maximum Gasteiger partial charge on any atom is 0.322 e. The van der Waals surface area contributed by atoms with Crippen LogP contribution in [0.25, 0.3) is 0 Å². The largest absolute Gasteiger partial charge is 0.485 e. The zero-order valence-corrected chi connectivity index (χ0v) is 19.6. The number of ether oxygens (including phenoxy) is 2. The van der Waals surface area contributed by atoms with E-state index >= 15 is 0 Å². The first-order valence-corrected chi connectivity index (χ1v) is 12.2. The van der Waals surface area contributed by atoms with Crippen molar-refractivity contribution in [2.45, 2.75) is 23.8 Å². The molecular formula is C23H20N6O6S. The lowest BCUT2D eigenvalue weighted by Gasteiger charge is -2.23. The number of anilines is 1. The van der Waals surface area contributed by atoms with Crippen molar-refractivity contribution >= 4 is 21.9 Å². The first kappa shape index (κ1) is 24.7. The number of amides is 1. The lowest BCUT2D eigenvalue weighted by molar-refractivity contribution is 0.0716. The van der Waals surface area contributed by atoms with Crippen molar-refractivity contribution in [1.82, 2.24) is 14.5 Å². The Balaban J connectivity index is 1.41. The van der Waals surface area contributed by atoms with E-state index in [4.69, 9.17) is 24.4 Å². The van der Waals surface area contributed by atoms with Gasteiger partial charge in [0.05, 0.1) is 17.0 Å². The molecule has 13 heteroatoms. The molecule has 0 bridgehead atoms. The summed E-state index contributed by atoms with van der Waals surface area (Å²) in [4.78, 5) is 12.5. The number of benzene rings is 2. The van der Waals surface area contributed by atoms with Crippen molar-refractivity contribution in [3.8, 4) is 23.6 Å². The van der Waals surface area contributed by atoms with Gasteiger partial charge in [0.1, 0.15) is 6.61 Å². The summed E-state index contributed by atoms with van der Waals surface area (Å²) < 4.78 is 43.8. The van der Waals surface area contributed by atoms with Crippen LogP contribution in [0, 0.1) is 22.7 Å². The van der Waals surface area contributed by atoms with Crippen LogP contribution in [-0.4, -0.2) is 48.5 Å². The number of carbonyl (C=O) groups is 1. The van der Waals surface area contributed by atoms with Crippen molar-refractivity contribution in [2.75, 3.05) is 25.0 Å². The molecule has 4 rings (SSSR count). The minimum atomic E-state index is -3.94. The summed E-state index contributed by atoms with van der Waals surface area (Å²) >= 11 is 0. The highest BCUT2D eigenvalue weighted by atomic mass is 32.2. The molecule has 1 unspecified atom stereocenters. The van der Waals surface area contributed by atoms with E-state index in [9.17, 15) is 13.2 Å². The molecule has 0 aliphatic carbocycles. The zero-order valence-electron chi connectivity index (χ0n) is 18.8. The standard InChI is InChI=1S/C23H20N6O6S/c24-11-3-13-29(14-4-12-25)36(31,32)17-9-7-16(8-10-17)21(30)26-23-28-27-22(35-23)20-15-33-18-5-1-2-6-19(18)34-20/h1-2,5-10,20H,3-4,13-15H2,(H,26,28,30). The van der Waals surface area contributed by atoms with Crippen LogP contribution >= 0.6 is 0 Å². The third kappa shape index (κ3) is 5.43. The second-order valence-corrected chi connectivity index (χ2v) is 9.45. The van der Waals surface area contributed by atoms with Crippen molar-refractivity contribution in [3.05, 3.63) is 60.0 Å². The number of carbonyl (C=O) groups excluding carboxylic acids is 1. The number of para-hydroxylation sites is 2. The molecule has 1 N–H and O–H groups in total. The van der Waals surface area contributed by atoms with Gasteiger partial charge in [-0.25, -0.2) is 8.42 Å². The summed E-state index contributed by atoms with van der Waals surface area (Å²) in [6.07, 6.45) is -0.670. The number of nitrogens with one attached hydrogen (secondary N) is 1. The highest BCUT2D eigenvalue weighted by molar-refractivity contribution is 7.89. The monoisotopic (exact) mass is 508 g/mol. The van der Waals surface area contributed by atoms with Crippen molar-refractivity contribution < 1.29 is 27.1 Å². The normalized spacial score (nSPS) is 14.6. The molecule has 12 nitrogen and oxygen atoms in total. The van der Waals surface area contributed by atoms with Gasteiger partial charge in [-0.15, -0.1) is 5.10 Å². The lowest BCUT2D eigenvalue weighted by Crippen LogP contribution is -2.32. The van der Waals surface area contributed by atoms with Crippen LogP contribution < -0.4 is 14.8 Å². The number of sulfonamides is 1. The molecule has 3 aromatic rings. The first-order chi connectivity index (χ1) is 17.4. The Morgan fingerprint density at radius 3 is 2.36 bits per heavy atom. The SMILES string of the molecule is N#CCCN(CCC#N)S(=O)(=O)c1ccc(C(=O)Nc2nnc(C3COc4ccccc4O3)o2)cc1. The molecule has 36 heavy (non-hydrogen) atoms. The van der Waals surface area contributed by atoms with Crippen LogP contribution in [-0.2, 0) is 10.0 Å². The van der Waals surface area contributed by atoms with Gasteiger partial charge in [-0.2, -0.15) is 14.8 Å². The number of rotatable bonds is 9. The van der Waals surface area contributed by atoms with Gasteiger partial charge in [0.2, 0.25) is 16.1 Å². The second-order valence-electron chi connectivity index (χ2n) is 7.51. The molecule has 0 fully saturated rings. The van der Waals surface area contributed by atoms with Crippen LogP contribution in [0.2, 0.25) is 0 Å². The van der Waals surface area contributed by atoms with E-state index in [-0.39, 0.29) is 54.9 Å². The third-order valence-corrected chi connectivity index (χ3v) is 7.06. The van der Waals surface area contributed by atoms with E-state index in [1.807, 2.05) is 18.2 Å². The molecule has 184 valence electrons. The molecule has 2 heterocycles. The fourth-order valence-corrected chi connectivity index (χ4v) is 4.80. The number of aromatic nitrogens is 2. The van der Waals surface area contributed by atoms with E-state index in [1.165, 1.54) is 24.3 Å². The fraction of sp³-hybridized carbons (Fsp3) is 0.261. The molecule has 0 radical (unpaired) electrons. The van der Waals surface area contributed by atoms with Gasteiger partial charge in [0.15, 0.2) is 11.5 Å². The maximum atomic E-state index is 12.9. The Hall–Kier alpha value is -4.46. The summed E-state index contributed by atoms with van der Waals surface area (Å²) in [6, 6.07) is 16.0. The molecule has 1 amide bonds. The molecule has 0 saturated carbocycles. The van der Waals surface area contributed by atoms with Gasteiger partial charge in [0, 0.05) is 31.5 Å². The van der Waals surface area contributed by atoms with Gasteiger partial charge in [0.25, 0.3) is 11.8 Å². The quantitative estimate of drug-likeness (QED) is 0.453. The van der Waals surface area contributed by atoms with Crippen LogP contribution in [0.15, 0.2) is 57.8 Å². The van der Waals surface area contributed by atoms with E-state index in [0.717, 1.165) is 4.31 Å².